The Balaban J connectivity index is 1.23. The van der Waals surface area contributed by atoms with Crippen molar-refractivity contribution in [3.63, 3.8) is 0 Å². The van der Waals surface area contributed by atoms with E-state index in [1.807, 2.05) is 49.1 Å². The van der Waals surface area contributed by atoms with Crippen LogP contribution >= 0.6 is 11.3 Å². The third-order valence-electron chi connectivity index (χ3n) is 10.4. The van der Waals surface area contributed by atoms with Gasteiger partial charge in [-0.3, -0.25) is 9.59 Å². The molecule has 61 heavy (non-hydrogen) atoms. The third-order valence-corrected chi connectivity index (χ3v) is 11.2. The number of nitrogens with zero attached hydrogens (tertiary/aromatic N) is 6. The van der Waals surface area contributed by atoms with Crippen molar-refractivity contribution in [2.45, 2.75) is 96.1 Å². The molecule has 1 aliphatic carbocycles. The highest BCUT2D eigenvalue weighted by Crippen LogP contribution is 2.40. The molecule has 16 nitrogen and oxygen atoms in total. The zero-order chi connectivity index (χ0) is 43.6. The number of pyridine rings is 2. The van der Waals surface area contributed by atoms with Gasteiger partial charge < -0.3 is 41.7 Å². The minimum absolute atomic E-state index is 0.102. The molecule has 2 amide bonds. The number of thiazole rings is 1. The zero-order valence-electron chi connectivity index (χ0n) is 34.5. The highest BCUT2D eigenvalue weighted by atomic mass is 32.1. The van der Waals surface area contributed by atoms with Crippen LogP contribution in [0.1, 0.15) is 75.1 Å². The number of hydrogen-bond acceptors (Lipinski definition) is 15. The van der Waals surface area contributed by atoms with Crippen LogP contribution in [-0.2, 0) is 0 Å². The fourth-order valence-electron chi connectivity index (χ4n) is 6.72. The van der Waals surface area contributed by atoms with Crippen molar-refractivity contribution in [2.24, 2.45) is 0 Å². The summed E-state index contributed by atoms with van der Waals surface area (Å²) in [5, 5.41) is 43.7. The lowest BCUT2D eigenvalue weighted by Gasteiger charge is -2.46. The van der Waals surface area contributed by atoms with Gasteiger partial charge in [-0.05, 0) is 101 Å². The van der Waals surface area contributed by atoms with Crippen LogP contribution < -0.4 is 31.5 Å². The maximum atomic E-state index is 14.8. The van der Waals surface area contributed by atoms with Gasteiger partial charge in [0.15, 0.2) is 0 Å². The van der Waals surface area contributed by atoms with Crippen LogP contribution in [0, 0.1) is 0 Å². The number of halogens is 2. The molecule has 0 spiro atoms. The summed E-state index contributed by atoms with van der Waals surface area (Å²) < 4.78 is 35.4. The van der Waals surface area contributed by atoms with Gasteiger partial charge in [-0.15, -0.1) is 11.3 Å². The van der Waals surface area contributed by atoms with Crippen LogP contribution in [0.2, 0.25) is 0 Å². The van der Waals surface area contributed by atoms with E-state index in [-0.39, 0.29) is 29.3 Å². The minimum atomic E-state index is -1.72. The van der Waals surface area contributed by atoms with Gasteiger partial charge in [-0.25, -0.2) is 28.4 Å². The van der Waals surface area contributed by atoms with Crippen molar-refractivity contribution in [3.8, 4) is 0 Å². The average molecular weight is 858 g/mol. The lowest BCUT2D eigenvalue weighted by molar-refractivity contribution is -0.00209. The Morgan fingerprint density at radius 2 is 1.49 bits per heavy atom. The summed E-state index contributed by atoms with van der Waals surface area (Å²) >= 11 is 1.51. The van der Waals surface area contributed by atoms with Gasteiger partial charge in [-0.1, -0.05) is 0 Å². The lowest BCUT2D eigenvalue weighted by Crippen LogP contribution is -2.53. The predicted molar refractivity (Wildman–Crippen MR) is 232 cm³/mol. The number of aliphatic hydroxyl groups is 2. The summed E-state index contributed by atoms with van der Waals surface area (Å²) in [5.74, 6) is -0.236. The second kappa shape index (κ2) is 17.5. The van der Waals surface area contributed by atoms with Crippen LogP contribution in [0.3, 0.4) is 0 Å². The van der Waals surface area contributed by atoms with Crippen LogP contribution in [0.15, 0.2) is 71.1 Å². The second-order valence-electron chi connectivity index (χ2n) is 16.5. The van der Waals surface area contributed by atoms with Crippen molar-refractivity contribution < 1.29 is 33.2 Å². The van der Waals surface area contributed by atoms with E-state index < -0.39 is 48.4 Å². The van der Waals surface area contributed by atoms with E-state index >= 15 is 0 Å². The Morgan fingerprint density at radius 3 is 2.15 bits per heavy atom. The number of anilines is 6. The number of alkyl halides is 2. The van der Waals surface area contributed by atoms with Gasteiger partial charge >= 0.3 is 0 Å². The van der Waals surface area contributed by atoms with Gasteiger partial charge in [0, 0.05) is 48.0 Å². The van der Waals surface area contributed by atoms with Crippen LogP contribution in [0.4, 0.5) is 43.2 Å². The van der Waals surface area contributed by atoms with Gasteiger partial charge in [0.25, 0.3) is 11.8 Å². The van der Waals surface area contributed by atoms with E-state index in [1.54, 1.807) is 23.7 Å². The maximum Gasteiger partial charge on any atom is 0.255 e. The molecular formula is C42H49F2N11O5S. The molecular weight excluding hydrogens is 809 g/mol. The first-order chi connectivity index (χ1) is 28.9. The molecule has 0 bridgehead atoms. The van der Waals surface area contributed by atoms with Crippen molar-refractivity contribution in [2.75, 3.05) is 33.9 Å². The Kier molecular flexibility index (Phi) is 12.4. The number of benzene rings is 2. The summed E-state index contributed by atoms with van der Waals surface area (Å²) in [6, 6.07) is 14.0. The maximum absolute atomic E-state index is 14.8. The smallest absolute Gasteiger partial charge is 0.255 e. The molecule has 19 heteroatoms. The molecule has 4 atom stereocenters. The molecule has 4 aromatic heterocycles. The molecule has 7 N–H and O–H groups in total. The first-order valence-corrected chi connectivity index (χ1v) is 20.8. The third kappa shape index (κ3) is 9.95. The van der Waals surface area contributed by atoms with Gasteiger partial charge in [0.2, 0.25) is 0 Å². The molecule has 1 fully saturated rings. The number of nitrogens with one attached hydrogen (secondary N) is 5. The molecule has 4 heterocycles. The minimum Gasteiger partial charge on any atom is -0.387 e. The molecule has 1 saturated carbocycles. The van der Waals surface area contributed by atoms with E-state index in [9.17, 15) is 28.6 Å². The Bertz CT molecular complexity index is 2520. The van der Waals surface area contributed by atoms with E-state index in [1.165, 1.54) is 51.4 Å². The van der Waals surface area contributed by atoms with Crippen LogP contribution in [-0.4, -0.2) is 102 Å². The van der Waals surface area contributed by atoms with Gasteiger partial charge in [-0.2, -0.15) is 0 Å². The van der Waals surface area contributed by atoms with Crippen molar-refractivity contribution in [3.05, 3.63) is 77.6 Å². The van der Waals surface area contributed by atoms with E-state index in [0.29, 0.717) is 52.6 Å². The highest BCUT2D eigenvalue weighted by molar-refractivity contribution is 7.16. The van der Waals surface area contributed by atoms with E-state index in [4.69, 9.17) is 9.61 Å². The first kappa shape index (κ1) is 43.1. The van der Waals surface area contributed by atoms with E-state index in [2.05, 4.69) is 46.9 Å². The number of carbonyl (C=O) groups is 2. The zero-order valence-corrected chi connectivity index (χ0v) is 35.3. The number of hydrogen-bond donors (Lipinski definition) is 7. The van der Waals surface area contributed by atoms with Crippen molar-refractivity contribution in [1.82, 2.24) is 35.9 Å². The van der Waals surface area contributed by atoms with Crippen molar-refractivity contribution in [1.29, 1.82) is 0 Å². The molecule has 1 aliphatic rings. The van der Waals surface area contributed by atoms with Gasteiger partial charge in [0.05, 0.1) is 68.6 Å². The molecule has 7 rings (SSSR count). The number of fused-ring (bicyclic) bond motifs is 2. The van der Waals surface area contributed by atoms with Gasteiger partial charge in [0.1, 0.15) is 35.0 Å². The average Bonchev–Trinajstić information content (AvgIpc) is 3.88. The quantitative estimate of drug-likeness (QED) is 0.0512. The second-order valence-corrected chi connectivity index (χ2v) is 17.4. The topological polar surface area (TPSA) is 216 Å². The molecule has 0 saturated heterocycles. The summed E-state index contributed by atoms with van der Waals surface area (Å²) in [5.41, 5.74) is 3.07. The normalized spacial score (nSPS) is 16.5. The standard InChI is InChI=1S/C42H49F2N11O5S/c1-22(2)50-31-16-38(46-18-26(31)40(57)48-20-36(44)42(5,6)59)55(24-8-10-27-32(14-24)54-60-53-27)33-12-11-28(33)52-30-15-37(51-23-7-9-29-34(13-23)61-21-49-29)45-17-25(30)39(56)47-19-35(43)41(3,4)58/h7-10,13-18,21-22,28,33,35-36,58-59H,11-12,19-20H2,1-6H3,(H,46,50)(H,47,56)(H,48,57)(H2,45,51,52). The summed E-state index contributed by atoms with van der Waals surface area (Å²) in [6.45, 7) is 8.36. The molecule has 0 aliphatic heterocycles. The van der Waals surface area contributed by atoms with E-state index in [0.717, 1.165) is 15.9 Å². The van der Waals surface area contributed by atoms with Crippen LogP contribution in [0.25, 0.3) is 21.3 Å². The summed E-state index contributed by atoms with van der Waals surface area (Å²) in [6.07, 6.45) is 0.776. The van der Waals surface area contributed by atoms with Crippen molar-refractivity contribution >= 4 is 78.8 Å². The Hall–Kier alpha value is -6.05. The summed E-state index contributed by atoms with van der Waals surface area (Å²) in [7, 11) is 0. The fourth-order valence-corrected chi connectivity index (χ4v) is 7.44. The first-order valence-electron chi connectivity index (χ1n) is 19.9. The number of rotatable bonds is 17. The molecule has 4 unspecified atom stereocenters. The largest absolute Gasteiger partial charge is 0.387 e. The number of carbonyl (C=O) groups excluding carboxylic acids is 2. The molecule has 322 valence electrons. The fraction of sp³-hybridized carbons (Fsp3) is 0.405. The lowest BCUT2D eigenvalue weighted by atomic mass is 9.84. The highest BCUT2D eigenvalue weighted by Gasteiger charge is 2.39. The SMILES string of the molecule is CC(C)Nc1cc(N(c2ccc3nonc3c2)C2CCC2Nc2cc(Nc3ccc4ncsc4c3)ncc2C(=O)NCC(F)C(C)(C)O)ncc1C(=O)NCC(F)C(C)(C)O. The number of amides is 2. The molecule has 0 radical (unpaired) electrons. The Morgan fingerprint density at radius 1 is 0.836 bits per heavy atom. The molecule has 6 aromatic rings. The molecule has 2 aromatic carbocycles. The number of aromatic nitrogens is 5. The summed E-state index contributed by atoms with van der Waals surface area (Å²) in [4.78, 5) is 42.8. The Labute approximate surface area is 354 Å². The predicted octanol–water partition coefficient (Wildman–Crippen LogP) is 6.65. The van der Waals surface area contributed by atoms with Crippen LogP contribution in [0.5, 0.6) is 0 Å². The monoisotopic (exact) mass is 857 g/mol.